The highest BCUT2D eigenvalue weighted by Crippen LogP contribution is 2.55. The Morgan fingerprint density at radius 2 is 1.68 bits per heavy atom. The van der Waals surface area contributed by atoms with Crippen molar-refractivity contribution in [1.29, 1.82) is 0 Å². The maximum Gasteiger partial charge on any atom is 0.246 e. The fourth-order valence-corrected chi connectivity index (χ4v) is 4.73. The summed E-state index contributed by atoms with van der Waals surface area (Å²) in [5.41, 5.74) is -2.04. The summed E-state index contributed by atoms with van der Waals surface area (Å²) in [6, 6.07) is 7.89. The molecular weight excluding hydrogens is 295 g/mol. The molecule has 0 fully saturated rings. The third-order valence-electron chi connectivity index (χ3n) is 2.99. The normalized spacial score (nSPS) is 11.7. The van der Waals surface area contributed by atoms with Gasteiger partial charge in [-0.3, -0.25) is 0 Å². The van der Waals surface area contributed by atoms with Gasteiger partial charge < -0.3 is 9.79 Å². The molecule has 2 nitrogen and oxygen atoms in total. The third kappa shape index (κ3) is 8.11. The zero-order chi connectivity index (χ0) is 14.1. The van der Waals surface area contributed by atoms with E-state index in [0.29, 0.717) is 0 Å². The van der Waals surface area contributed by atoms with Crippen molar-refractivity contribution in [2.75, 3.05) is 0 Å². The third-order valence-corrected chi connectivity index (χ3v) is 5.80. The van der Waals surface area contributed by atoms with E-state index in [9.17, 15) is 9.79 Å². The maximum atomic E-state index is 9.41. The predicted octanol–water partition coefficient (Wildman–Crippen LogP) is 4.89. The van der Waals surface area contributed by atoms with Gasteiger partial charge in [-0.1, -0.05) is 57.2 Å². The lowest BCUT2D eigenvalue weighted by Gasteiger charge is -2.11. The zero-order valence-electron chi connectivity index (χ0n) is 11.4. The standard InChI is InChI=1S/C14H23O2PS2/c1-2-3-4-5-6-7-10-13-11-8-9-12-14(13)19-17(15,16)18/h8-9,11-12H,2-7,10H2,1H3,(H2,15,16,18). The first-order valence-corrected chi connectivity index (χ1v) is 11.0. The van der Waals surface area contributed by atoms with E-state index in [-0.39, 0.29) is 0 Å². The van der Waals surface area contributed by atoms with Crippen LogP contribution in [0.5, 0.6) is 0 Å². The summed E-state index contributed by atoms with van der Waals surface area (Å²) in [6.07, 6.45) is 8.60. The lowest BCUT2D eigenvalue weighted by molar-refractivity contribution is 0.502. The fourth-order valence-electron chi connectivity index (χ4n) is 2.02. The van der Waals surface area contributed by atoms with Crippen LogP contribution in [-0.2, 0) is 18.2 Å². The summed E-state index contributed by atoms with van der Waals surface area (Å²) in [5.74, 6) is 0. The van der Waals surface area contributed by atoms with Crippen LogP contribution in [0.4, 0.5) is 0 Å². The van der Waals surface area contributed by atoms with Gasteiger partial charge in [0.15, 0.2) is 0 Å². The highest BCUT2D eigenvalue weighted by atomic mass is 32.9. The molecule has 0 saturated heterocycles. The Hall–Kier alpha value is 0.140. The monoisotopic (exact) mass is 318 g/mol. The second-order valence-electron chi connectivity index (χ2n) is 4.71. The molecule has 1 aromatic carbocycles. The smallest absolute Gasteiger partial charge is 0.246 e. The number of unbranched alkanes of at least 4 members (excludes halogenated alkanes) is 5. The zero-order valence-corrected chi connectivity index (χ0v) is 13.9. The van der Waals surface area contributed by atoms with Gasteiger partial charge in [-0.15, -0.1) is 0 Å². The summed E-state index contributed by atoms with van der Waals surface area (Å²) < 4.78 is 0. The molecule has 0 aliphatic carbocycles. The van der Waals surface area contributed by atoms with Crippen molar-refractivity contribution in [3.63, 3.8) is 0 Å². The van der Waals surface area contributed by atoms with Crippen LogP contribution in [0.15, 0.2) is 29.2 Å². The Balaban J connectivity index is 2.42. The molecule has 1 aromatic rings. The Kier molecular flexibility index (Phi) is 8.27. The van der Waals surface area contributed by atoms with Crippen molar-refractivity contribution in [2.45, 2.75) is 56.8 Å². The lowest BCUT2D eigenvalue weighted by atomic mass is 10.1. The van der Waals surface area contributed by atoms with Crippen molar-refractivity contribution in [3.8, 4) is 0 Å². The molecule has 0 radical (unpaired) electrons. The second kappa shape index (κ2) is 9.15. The number of hydrogen-bond donors (Lipinski definition) is 2. The molecule has 0 spiro atoms. The Morgan fingerprint density at radius 3 is 2.37 bits per heavy atom. The van der Waals surface area contributed by atoms with Crippen LogP contribution in [0.1, 0.15) is 51.0 Å². The summed E-state index contributed by atoms with van der Waals surface area (Å²) >= 11 is 5.73. The second-order valence-corrected chi connectivity index (χ2v) is 10.6. The van der Waals surface area contributed by atoms with Gasteiger partial charge in [0.25, 0.3) is 0 Å². The average molecular weight is 318 g/mol. The molecule has 0 aromatic heterocycles. The SMILES string of the molecule is CCCCCCCCc1ccccc1SP(O)(O)=S. The van der Waals surface area contributed by atoms with Gasteiger partial charge in [0.05, 0.1) is 0 Å². The van der Waals surface area contributed by atoms with E-state index in [2.05, 4.69) is 13.0 Å². The first-order chi connectivity index (χ1) is 9.03. The lowest BCUT2D eigenvalue weighted by Crippen LogP contribution is -1.89. The van der Waals surface area contributed by atoms with Crippen molar-refractivity contribution >= 4 is 28.9 Å². The van der Waals surface area contributed by atoms with E-state index in [0.717, 1.165) is 29.1 Å². The largest absolute Gasteiger partial charge is 0.337 e. The Bertz CT molecular complexity index is 418. The van der Waals surface area contributed by atoms with Crippen LogP contribution in [0.3, 0.4) is 0 Å². The van der Waals surface area contributed by atoms with Crippen LogP contribution >= 0.6 is 17.1 Å². The highest BCUT2D eigenvalue weighted by molar-refractivity contribution is 8.67. The summed E-state index contributed by atoms with van der Waals surface area (Å²) in [5, 5.41) is 0. The van der Waals surface area contributed by atoms with Crippen LogP contribution < -0.4 is 0 Å². The van der Waals surface area contributed by atoms with Gasteiger partial charge >= 0.3 is 0 Å². The quantitative estimate of drug-likeness (QED) is 0.502. The molecule has 0 amide bonds. The molecule has 2 N–H and O–H groups in total. The number of benzene rings is 1. The number of hydrogen-bond acceptors (Lipinski definition) is 2. The van der Waals surface area contributed by atoms with Gasteiger partial charge in [0.1, 0.15) is 0 Å². The van der Waals surface area contributed by atoms with Crippen LogP contribution in [-0.4, -0.2) is 9.79 Å². The van der Waals surface area contributed by atoms with Gasteiger partial charge in [0, 0.05) is 4.90 Å². The fraction of sp³-hybridized carbons (Fsp3) is 0.571. The van der Waals surface area contributed by atoms with Crippen molar-refractivity contribution in [3.05, 3.63) is 29.8 Å². The minimum absolute atomic E-state index is 0.921. The summed E-state index contributed by atoms with van der Waals surface area (Å²) in [4.78, 5) is 19.7. The highest BCUT2D eigenvalue weighted by Gasteiger charge is 2.12. The molecule has 0 aliphatic rings. The molecule has 0 atom stereocenters. The van der Waals surface area contributed by atoms with Crippen molar-refractivity contribution in [2.24, 2.45) is 0 Å². The average Bonchev–Trinajstić information content (AvgIpc) is 2.33. The van der Waals surface area contributed by atoms with Crippen molar-refractivity contribution < 1.29 is 9.79 Å². The molecule has 0 bridgehead atoms. The van der Waals surface area contributed by atoms with E-state index >= 15 is 0 Å². The van der Waals surface area contributed by atoms with Gasteiger partial charge in [-0.25, -0.2) is 0 Å². The number of aryl methyl sites for hydroxylation is 1. The summed E-state index contributed by atoms with van der Waals surface area (Å²) in [6.45, 7) is 2.22. The molecule has 108 valence electrons. The maximum absolute atomic E-state index is 9.41. The Morgan fingerprint density at radius 1 is 1.05 bits per heavy atom. The van der Waals surface area contributed by atoms with Crippen LogP contribution in [0, 0.1) is 0 Å². The first-order valence-electron chi connectivity index (χ1n) is 6.86. The molecular formula is C14H23O2PS2. The van der Waals surface area contributed by atoms with E-state index in [4.69, 9.17) is 11.8 Å². The molecule has 0 unspecified atom stereocenters. The topological polar surface area (TPSA) is 40.5 Å². The molecule has 1 rings (SSSR count). The number of rotatable bonds is 9. The Labute approximate surface area is 125 Å². The minimum atomic E-state index is -3.22. The van der Waals surface area contributed by atoms with Crippen LogP contribution in [0.2, 0.25) is 0 Å². The van der Waals surface area contributed by atoms with Crippen LogP contribution in [0.25, 0.3) is 0 Å². The van der Waals surface area contributed by atoms with Gasteiger partial charge in [0.2, 0.25) is 5.69 Å². The molecule has 0 saturated carbocycles. The van der Waals surface area contributed by atoms with E-state index in [1.807, 2.05) is 18.2 Å². The van der Waals surface area contributed by atoms with Crippen molar-refractivity contribution in [1.82, 2.24) is 0 Å². The predicted molar refractivity (Wildman–Crippen MR) is 88.1 cm³/mol. The first kappa shape index (κ1) is 17.2. The van der Waals surface area contributed by atoms with Gasteiger partial charge in [-0.2, -0.15) is 0 Å². The molecule has 0 aliphatic heterocycles. The molecule has 19 heavy (non-hydrogen) atoms. The van der Waals surface area contributed by atoms with E-state index in [1.165, 1.54) is 37.7 Å². The summed E-state index contributed by atoms with van der Waals surface area (Å²) in [7, 11) is 0. The molecule has 5 heteroatoms. The minimum Gasteiger partial charge on any atom is -0.337 e. The van der Waals surface area contributed by atoms with E-state index < -0.39 is 5.69 Å². The van der Waals surface area contributed by atoms with E-state index in [1.54, 1.807) is 0 Å². The van der Waals surface area contributed by atoms with Gasteiger partial charge in [-0.05, 0) is 47.7 Å². The molecule has 0 heterocycles.